The first-order valence-electron chi connectivity index (χ1n) is 9.38. The zero-order valence-electron chi connectivity index (χ0n) is 15.5. The fourth-order valence-corrected chi connectivity index (χ4v) is 5.52. The Kier molecular flexibility index (Phi) is 3.53. The van der Waals surface area contributed by atoms with Gasteiger partial charge in [0.15, 0.2) is 0 Å². The molecule has 1 aromatic heterocycles. The second kappa shape index (κ2) is 5.93. The lowest BCUT2D eigenvalue weighted by Crippen LogP contribution is -2.55. The number of rotatable bonds is 1. The van der Waals surface area contributed by atoms with Crippen LogP contribution >= 0.6 is 27.3 Å². The molecule has 0 bridgehead atoms. The average molecular weight is 466 g/mol. The van der Waals surface area contributed by atoms with Crippen LogP contribution in [0.3, 0.4) is 0 Å². The number of nitrogens with one attached hydrogen (secondary N) is 1. The van der Waals surface area contributed by atoms with E-state index in [1.807, 2.05) is 53.7 Å². The van der Waals surface area contributed by atoms with Crippen LogP contribution in [0.1, 0.15) is 34.0 Å². The van der Waals surface area contributed by atoms with Crippen molar-refractivity contribution in [3.8, 4) is 5.75 Å². The molecule has 5 nitrogen and oxygen atoms in total. The Balaban J connectivity index is 1.61. The van der Waals surface area contributed by atoms with Gasteiger partial charge in [-0.3, -0.25) is 4.79 Å². The molecule has 0 aliphatic carbocycles. The monoisotopic (exact) mass is 465 g/mol. The van der Waals surface area contributed by atoms with Crippen LogP contribution < -0.4 is 10.1 Å². The Morgan fingerprint density at radius 1 is 1.28 bits per heavy atom. The van der Waals surface area contributed by atoms with E-state index in [9.17, 15) is 4.79 Å². The van der Waals surface area contributed by atoms with E-state index in [1.165, 1.54) is 0 Å². The number of hydrazone groups is 1. The van der Waals surface area contributed by atoms with E-state index < -0.39 is 5.72 Å². The van der Waals surface area contributed by atoms with Crippen molar-refractivity contribution in [1.82, 2.24) is 5.01 Å². The van der Waals surface area contributed by atoms with Crippen LogP contribution in [0.25, 0.3) is 0 Å². The van der Waals surface area contributed by atoms with Crippen LogP contribution in [-0.4, -0.2) is 16.6 Å². The zero-order valence-corrected chi connectivity index (χ0v) is 17.9. The summed E-state index contributed by atoms with van der Waals surface area (Å²) in [6, 6.07) is 15.9. The molecule has 0 fully saturated rings. The summed E-state index contributed by atoms with van der Waals surface area (Å²) in [6.07, 6.45) is 0.726. The van der Waals surface area contributed by atoms with Crippen LogP contribution in [0.5, 0.6) is 5.75 Å². The Hall–Kier alpha value is -2.64. The number of fused-ring (bicyclic) bond motifs is 6. The van der Waals surface area contributed by atoms with Crippen LogP contribution in [0, 0.1) is 6.92 Å². The Morgan fingerprint density at radius 3 is 3.00 bits per heavy atom. The summed E-state index contributed by atoms with van der Waals surface area (Å²) in [6.45, 7) is 2.02. The number of hydrogen-bond acceptors (Lipinski definition) is 5. The van der Waals surface area contributed by atoms with Gasteiger partial charge in [-0.25, -0.2) is 5.01 Å². The lowest BCUT2D eigenvalue weighted by molar-refractivity contribution is -0.161. The zero-order chi connectivity index (χ0) is 19.8. The number of carbonyl (C=O) groups excluding carboxylic acids is 1. The Labute approximate surface area is 180 Å². The molecule has 0 saturated heterocycles. The number of hydrogen-bond donors (Lipinski definition) is 1. The second-order valence-corrected chi connectivity index (χ2v) is 9.38. The second-order valence-electron chi connectivity index (χ2n) is 7.52. The number of amides is 1. The molecule has 0 radical (unpaired) electrons. The fourth-order valence-electron chi connectivity index (χ4n) is 4.42. The summed E-state index contributed by atoms with van der Waals surface area (Å²) < 4.78 is 7.48. The molecular formula is C22H16BrN3O2S. The average Bonchev–Trinajstić information content (AvgIpc) is 3.42. The highest BCUT2D eigenvalue weighted by atomic mass is 79.9. The number of benzene rings is 2. The molecule has 3 aliphatic heterocycles. The smallest absolute Gasteiger partial charge is 0.306 e. The number of thiophene rings is 1. The molecule has 2 aromatic carbocycles. The van der Waals surface area contributed by atoms with Gasteiger partial charge in [0.25, 0.3) is 5.91 Å². The molecule has 3 aliphatic rings. The molecule has 1 spiro atoms. The van der Waals surface area contributed by atoms with Gasteiger partial charge in [0, 0.05) is 16.5 Å². The topological polar surface area (TPSA) is 53.9 Å². The largest absolute Gasteiger partial charge is 0.453 e. The molecule has 2 unspecified atom stereocenters. The summed E-state index contributed by atoms with van der Waals surface area (Å²) in [5.74, 6) is 0.523. The maximum atomic E-state index is 13.4. The molecule has 1 N–H and O–H groups in total. The van der Waals surface area contributed by atoms with E-state index in [1.54, 1.807) is 11.3 Å². The minimum atomic E-state index is -1.30. The normalized spacial score (nSPS) is 23.9. The van der Waals surface area contributed by atoms with Gasteiger partial charge in [0.1, 0.15) is 5.75 Å². The minimum absolute atomic E-state index is 0.0782. The first-order chi connectivity index (χ1) is 14.1. The number of carbonyl (C=O) groups is 1. The number of nitrogens with zero attached hydrogens (tertiary/aromatic N) is 2. The van der Waals surface area contributed by atoms with Crippen molar-refractivity contribution in [2.45, 2.75) is 25.1 Å². The Bertz CT molecular complexity index is 1210. The van der Waals surface area contributed by atoms with Crippen molar-refractivity contribution < 1.29 is 9.53 Å². The van der Waals surface area contributed by atoms with Crippen LogP contribution in [0.15, 0.2) is 63.5 Å². The van der Waals surface area contributed by atoms with Gasteiger partial charge in [0.2, 0.25) is 0 Å². The molecule has 1 amide bonds. The van der Waals surface area contributed by atoms with E-state index in [4.69, 9.17) is 9.84 Å². The van der Waals surface area contributed by atoms with Crippen LogP contribution in [0.2, 0.25) is 0 Å². The summed E-state index contributed by atoms with van der Waals surface area (Å²) in [4.78, 5) is 14.5. The first kappa shape index (κ1) is 17.2. The SMILES string of the molecule is Cc1ccc2c(c1)C1(Oc3ccc(Br)cc3C3CC(c4cccs4)=NN31)C(=O)N2. The third-order valence-corrected chi connectivity index (χ3v) is 7.14. The van der Waals surface area contributed by atoms with Gasteiger partial charge >= 0.3 is 5.72 Å². The van der Waals surface area contributed by atoms with Crippen molar-refractivity contribution in [3.63, 3.8) is 0 Å². The summed E-state index contributed by atoms with van der Waals surface area (Å²) in [7, 11) is 0. The highest BCUT2D eigenvalue weighted by molar-refractivity contribution is 9.10. The van der Waals surface area contributed by atoms with Gasteiger partial charge in [-0.15, -0.1) is 11.3 Å². The predicted octanol–water partition coefficient (Wildman–Crippen LogP) is 5.17. The quantitative estimate of drug-likeness (QED) is 0.539. The molecule has 144 valence electrons. The number of ether oxygens (including phenoxy) is 1. The lowest BCUT2D eigenvalue weighted by atomic mass is 9.92. The number of anilines is 1. The molecule has 2 atom stereocenters. The van der Waals surface area contributed by atoms with Crippen molar-refractivity contribution in [2.24, 2.45) is 5.10 Å². The van der Waals surface area contributed by atoms with E-state index in [-0.39, 0.29) is 11.9 Å². The summed E-state index contributed by atoms with van der Waals surface area (Å²) >= 11 is 5.24. The molecule has 4 heterocycles. The van der Waals surface area contributed by atoms with E-state index >= 15 is 0 Å². The maximum Gasteiger partial charge on any atom is 0.306 e. The Morgan fingerprint density at radius 2 is 2.17 bits per heavy atom. The molecule has 29 heavy (non-hydrogen) atoms. The van der Waals surface area contributed by atoms with Crippen molar-refractivity contribution in [2.75, 3.05) is 5.32 Å². The van der Waals surface area contributed by atoms with Crippen molar-refractivity contribution >= 4 is 44.6 Å². The van der Waals surface area contributed by atoms with Crippen LogP contribution in [0.4, 0.5) is 5.69 Å². The minimum Gasteiger partial charge on any atom is -0.453 e. The van der Waals surface area contributed by atoms with E-state index in [2.05, 4.69) is 33.4 Å². The number of aryl methyl sites for hydroxylation is 1. The van der Waals surface area contributed by atoms with Gasteiger partial charge in [-0.1, -0.05) is 33.6 Å². The third kappa shape index (κ3) is 2.31. The molecular weight excluding hydrogens is 450 g/mol. The van der Waals surface area contributed by atoms with Gasteiger partial charge in [-0.2, -0.15) is 5.10 Å². The van der Waals surface area contributed by atoms with Crippen molar-refractivity contribution in [3.05, 3.63) is 80.0 Å². The highest BCUT2D eigenvalue weighted by Crippen LogP contribution is 2.54. The van der Waals surface area contributed by atoms with Gasteiger partial charge < -0.3 is 10.1 Å². The third-order valence-electron chi connectivity index (χ3n) is 5.72. The molecule has 3 aromatic rings. The summed E-state index contributed by atoms with van der Waals surface area (Å²) in [5.41, 5.74) is 3.38. The number of halogens is 1. The van der Waals surface area contributed by atoms with Crippen molar-refractivity contribution in [1.29, 1.82) is 0 Å². The first-order valence-corrected chi connectivity index (χ1v) is 11.1. The molecule has 7 heteroatoms. The standard InChI is InChI=1S/C22H16BrN3O2S/c1-12-4-6-16-15(9-12)22(21(27)24-16)26-18(11-17(25-26)20-3-2-8-29-20)14-10-13(23)5-7-19(14)28-22/h2-10,18H,11H2,1H3,(H,24,27). The van der Waals surface area contributed by atoms with Gasteiger partial charge in [0.05, 0.1) is 27.9 Å². The van der Waals surface area contributed by atoms with E-state index in [0.29, 0.717) is 0 Å². The maximum absolute atomic E-state index is 13.4. The van der Waals surface area contributed by atoms with E-state index in [0.717, 1.165) is 49.6 Å². The predicted molar refractivity (Wildman–Crippen MR) is 116 cm³/mol. The van der Waals surface area contributed by atoms with Gasteiger partial charge in [-0.05, 0) is 48.7 Å². The lowest BCUT2D eigenvalue weighted by Gasteiger charge is -2.44. The van der Waals surface area contributed by atoms with Crippen LogP contribution in [-0.2, 0) is 10.5 Å². The fraction of sp³-hybridized carbons (Fsp3) is 0.182. The summed E-state index contributed by atoms with van der Waals surface area (Å²) in [5, 5.41) is 11.9. The molecule has 6 rings (SSSR count). The molecule has 0 saturated carbocycles. The highest BCUT2D eigenvalue weighted by Gasteiger charge is 2.61.